The van der Waals surface area contributed by atoms with Crippen LogP contribution in [0, 0.1) is 11.8 Å². The van der Waals surface area contributed by atoms with Crippen LogP contribution in [0.3, 0.4) is 0 Å². The molecule has 3 aromatic rings. The zero-order valence-corrected chi connectivity index (χ0v) is 22.9. The van der Waals surface area contributed by atoms with Gasteiger partial charge < -0.3 is 24.4 Å². The van der Waals surface area contributed by atoms with Gasteiger partial charge in [0.15, 0.2) is 11.5 Å². The van der Waals surface area contributed by atoms with Crippen LogP contribution in [0.15, 0.2) is 54.6 Å². The van der Waals surface area contributed by atoms with Crippen molar-refractivity contribution in [1.82, 2.24) is 0 Å². The average molecular weight is 531 g/mol. The summed E-state index contributed by atoms with van der Waals surface area (Å²) >= 11 is 0. The summed E-state index contributed by atoms with van der Waals surface area (Å²) in [7, 11) is 1.57. The van der Waals surface area contributed by atoms with E-state index in [-0.39, 0.29) is 18.6 Å². The number of hydrogen-bond acceptors (Lipinski definition) is 5. The van der Waals surface area contributed by atoms with E-state index in [0.717, 1.165) is 33.4 Å². The van der Waals surface area contributed by atoms with Gasteiger partial charge in [-0.1, -0.05) is 58.0 Å². The van der Waals surface area contributed by atoms with Gasteiger partial charge in [0.2, 0.25) is 6.79 Å². The first-order valence-electron chi connectivity index (χ1n) is 13.2. The molecule has 3 aromatic carbocycles. The first kappa shape index (κ1) is 26.6. The number of carboxylic acids is 2. The minimum atomic E-state index is -0.913. The maximum atomic E-state index is 13.1. The molecule has 0 radical (unpaired) electrons. The molecule has 1 aliphatic heterocycles. The van der Waals surface area contributed by atoms with Crippen molar-refractivity contribution in [2.45, 2.75) is 51.4 Å². The SMILES string of the molecule is COc1ccc([C@@H]2c3cc(C(C)(C)C)ccc3[C@H](c3ccc4c(c3)OCO4)[C@H]2C(=O)O)c(C[C@H](C)C(=O)O)c1. The lowest BCUT2D eigenvalue weighted by Gasteiger charge is -2.26. The lowest BCUT2D eigenvalue weighted by molar-refractivity contribution is -0.143. The predicted octanol–water partition coefficient (Wildman–Crippen LogP) is 5.96. The molecule has 0 fully saturated rings. The highest BCUT2D eigenvalue weighted by molar-refractivity contribution is 5.78. The fourth-order valence-corrected chi connectivity index (χ4v) is 5.92. The van der Waals surface area contributed by atoms with Crippen LogP contribution in [0.1, 0.15) is 72.9 Å². The second-order valence-corrected chi connectivity index (χ2v) is 11.5. The Morgan fingerprint density at radius 1 is 0.923 bits per heavy atom. The van der Waals surface area contributed by atoms with Gasteiger partial charge in [-0.2, -0.15) is 0 Å². The minimum Gasteiger partial charge on any atom is -0.497 e. The highest BCUT2D eigenvalue weighted by atomic mass is 16.7. The fraction of sp³-hybridized carbons (Fsp3) is 0.375. The molecule has 2 aliphatic rings. The van der Waals surface area contributed by atoms with Crippen molar-refractivity contribution < 1.29 is 34.0 Å². The number of rotatable bonds is 7. The van der Waals surface area contributed by atoms with Crippen LogP contribution < -0.4 is 14.2 Å². The van der Waals surface area contributed by atoms with Crippen molar-refractivity contribution in [3.8, 4) is 17.2 Å². The number of carbonyl (C=O) groups is 2. The van der Waals surface area contributed by atoms with E-state index in [9.17, 15) is 19.8 Å². The third-order valence-corrected chi connectivity index (χ3v) is 8.01. The molecule has 204 valence electrons. The standard InChI is InChI=1S/C32H34O7/c1-17(30(33)34)12-19-13-21(37-5)8-10-22(19)28-24-15-20(32(2,3)4)7-9-23(24)27(29(28)31(35)36)18-6-11-25-26(14-18)39-16-38-25/h6-11,13-15,17,27-29H,12,16H2,1-5H3,(H,33,34)(H,35,36)/t17-,27-,28+,29+/m0/s1. The van der Waals surface area contributed by atoms with Crippen molar-refractivity contribution in [3.05, 3.63) is 88.0 Å². The summed E-state index contributed by atoms with van der Waals surface area (Å²) in [5, 5.41) is 20.4. The molecule has 0 aromatic heterocycles. The van der Waals surface area contributed by atoms with E-state index >= 15 is 0 Å². The number of ether oxygens (including phenoxy) is 3. The van der Waals surface area contributed by atoms with Crippen molar-refractivity contribution in [3.63, 3.8) is 0 Å². The smallest absolute Gasteiger partial charge is 0.308 e. The molecule has 0 unspecified atom stereocenters. The average Bonchev–Trinajstić information content (AvgIpc) is 3.49. The van der Waals surface area contributed by atoms with Gasteiger partial charge in [-0.25, -0.2) is 0 Å². The van der Waals surface area contributed by atoms with E-state index in [1.54, 1.807) is 14.0 Å². The predicted molar refractivity (Wildman–Crippen MR) is 146 cm³/mol. The zero-order chi connectivity index (χ0) is 28.1. The molecule has 5 rings (SSSR count). The largest absolute Gasteiger partial charge is 0.497 e. The molecule has 39 heavy (non-hydrogen) atoms. The summed E-state index contributed by atoms with van der Waals surface area (Å²) in [5.74, 6) is -2.35. The van der Waals surface area contributed by atoms with Crippen LogP contribution in [0.25, 0.3) is 0 Å². The molecule has 2 N–H and O–H groups in total. The number of hydrogen-bond donors (Lipinski definition) is 2. The highest BCUT2D eigenvalue weighted by Gasteiger charge is 2.47. The second-order valence-electron chi connectivity index (χ2n) is 11.5. The molecular formula is C32H34O7. The Bertz CT molecular complexity index is 1430. The van der Waals surface area contributed by atoms with Crippen molar-refractivity contribution in [1.29, 1.82) is 0 Å². The van der Waals surface area contributed by atoms with E-state index in [4.69, 9.17) is 14.2 Å². The normalized spacial score (nSPS) is 20.4. The quantitative estimate of drug-likeness (QED) is 0.388. The number of fused-ring (bicyclic) bond motifs is 2. The van der Waals surface area contributed by atoms with Gasteiger partial charge in [0.25, 0.3) is 0 Å². The minimum absolute atomic E-state index is 0.136. The molecular weight excluding hydrogens is 496 g/mol. The van der Waals surface area contributed by atoms with Crippen molar-refractivity contribution in [2.24, 2.45) is 11.8 Å². The summed E-state index contributed by atoms with van der Waals surface area (Å²) in [6.07, 6.45) is 0.258. The van der Waals surface area contributed by atoms with Gasteiger partial charge in [0, 0.05) is 11.8 Å². The van der Waals surface area contributed by atoms with Gasteiger partial charge in [-0.3, -0.25) is 9.59 Å². The first-order chi connectivity index (χ1) is 18.5. The lowest BCUT2D eigenvalue weighted by atomic mass is 9.77. The summed E-state index contributed by atoms with van der Waals surface area (Å²) in [6, 6.07) is 17.5. The fourth-order valence-electron chi connectivity index (χ4n) is 5.92. The summed E-state index contributed by atoms with van der Waals surface area (Å²) in [6.45, 7) is 8.20. The van der Waals surface area contributed by atoms with Crippen LogP contribution in [-0.4, -0.2) is 36.1 Å². The summed E-state index contributed by atoms with van der Waals surface area (Å²) in [4.78, 5) is 24.9. The molecule has 0 bridgehead atoms. The molecule has 0 spiro atoms. The molecule has 1 aliphatic carbocycles. The van der Waals surface area contributed by atoms with E-state index in [0.29, 0.717) is 17.2 Å². The highest BCUT2D eigenvalue weighted by Crippen LogP contribution is 2.55. The van der Waals surface area contributed by atoms with Crippen LogP contribution in [-0.2, 0) is 21.4 Å². The third-order valence-electron chi connectivity index (χ3n) is 8.01. The third kappa shape index (κ3) is 4.82. The Hall–Kier alpha value is -4.00. The van der Waals surface area contributed by atoms with E-state index in [1.807, 2.05) is 36.4 Å². The Balaban J connectivity index is 1.74. The molecule has 0 saturated heterocycles. The molecule has 1 heterocycles. The molecule has 0 amide bonds. The maximum Gasteiger partial charge on any atom is 0.308 e. The Kier molecular flexibility index (Phi) is 6.79. The number of benzene rings is 3. The monoisotopic (exact) mass is 530 g/mol. The van der Waals surface area contributed by atoms with Gasteiger partial charge >= 0.3 is 11.9 Å². The van der Waals surface area contributed by atoms with Crippen LogP contribution >= 0.6 is 0 Å². The Labute approximate surface area is 228 Å². The van der Waals surface area contributed by atoms with Gasteiger partial charge in [0.1, 0.15) is 5.75 Å². The molecule has 7 heteroatoms. The molecule has 0 saturated carbocycles. The van der Waals surface area contributed by atoms with Crippen LogP contribution in [0.4, 0.5) is 0 Å². The van der Waals surface area contributed by atoms with Gasteiger partial charge in [-0.05, 0) is 69.5 Å². The molecule has 7 nitrogen and oxygen atoms in total. The first-order valence-corrected chi connectivity index (χ1v) is 13.2. The maximum absolute atomic E-state index is 13.1. The number of carboxylic acid groups (broad SMARTS) is 2. The van der Waals surface area contributed by atoms with Gasteiger partial charge in [0.05, 0.1) is 18.9 Å². The second kappa shape index (κ2) is 9.95. The number of aliphatic carboxylic acids is 2. The lowest BCUT2D eigenvalue weighted by Crippen LogP contribution is -2.25. The van der Waals surface area contributed by atoms with Crippen LogP contribution in [0.5, 0.6) is 17.2 Å². The van der Waals surface area contributed by atoms with E-state index in [2.05, 4.69) is 39.0 Å². The molecule has 4 atom stereocenters. The van der Waals surface area contributed by atoms with Crippen LogP contribution in [0.2, 0.25) is 0 Å². The summed E-state index contributed by atoms with van der Waals surface area (Å²) in [5.41, 5.74) is 5.30. The Morgan fingerprint density at radius 2 is 1.64 bits per heavy atom. The van der Waals surface area contributed by atoms with Crippen molar-refractivity contribution >= 4 is 11.9 Å². The van der Waals surface area contributed by atoms with Crippen molar-refractivity contribution in [2.75, 3.05) is 13.9 Å². The summed E-state index contributed by atoms with van der Waals surface area (Å²) < 4.78 is 16.6. The topological polar surface area (TPSA) is 102 Å². The van der Waals surface area contributed by atoms with E-state index < -0.39 is 35.6 Å². The van der Waals surface area contributed by atoms with E-state index in [1.165, 1.54) is 0 Å². The number of methoxy groups -OCH3 is 1. The van der Waals surface area contributed by atoms with Gasteiger partial charge in [-0.15, -0.1) is 0 Å². The zero-order valence-electron chi connectivity index (χ0n) is 22.9. The Morgan fingerprint density at radius 3 is 2.31 bits per heavy atom.